The normalized spacial score (nSPS) is 20.2. The van der Waals surface area contributed by atoms with Crippen LogP contribution in [0.15, 0.2) is 23.2 Å². The van der Waals surface area contributed by atoms with Gasteiger partial charge in [0.25, 0.3) is 0 Å². The third-order valence-electron chi connectivity index (χ3n) is 5.45. The number of piperidine rings is 1. The van der Waals surface area contributed by atoms with Gasteiger partial charge in [-0.25, -0.2) is 9.38 Å². The van der Waals surface area contributed by atoms with E-state index >= 15 is 0 Å². The predicted octanol–water partition coefficient (Wildman–Crippen LogP) is 2.40. The van der Waals surface area contributed by atoms with E-state index in [1.807, 2.05) is 30.9 Å². The van der Waals surface area contributed by atoms with Crippen LogP contribution in [-0.2, 0) is 20.8 Å². The summed E-state index contributed by atoms with van der Waals surface area (Å²) in [5.41, 5.74) is 1.44. The van der Waals surface area contributed by atoms with Crippen LogP contribution in [0.2, 0.25) is 0 Å². The molecule has 1 N–H and O–H groups in total. The number of esters is 1. The van der Waals surface area contributed by atoms with Crippen LogP contribution in [-0.4, -0.2) is 69.4 Å². The van der Waals surface area contributed by atoms with Crippen LogP contribution < -0.4 is 10.2 Å². The van der Waals surface area contributed by atoms with Crippen LogP contribution >= 0.6 is 0 Å². The Morgan fingerprint density at radius 3 is 2.80 bits per heavy atom. The fraction of sp³-hybridized carbons (Fsp3) is 0.636. The van der Waals surface area contributed by atoms with E-state index in [4.69, 9.17) is 14.5 Å². The van der Waals surface area contributed by atoms with Gasteiger partial charge in [-0.05, 0) is 44.4 Å². The molecule has 2 saturated heterocycles. The van der Waals surface area contributed by atoms with Gasteiger partial charge in [0.2, 0.25) is 0 Å². The second-order valence-electron chi connectivity index (χ2n) is 7.59. The maximum Gasteiger partial charge on any atom is 0.310 e. The average Bonchev–Trinajstić information content (AvgIpc) is 2.77. The van der Waals surface area contributed by atoms with E-state index in [1.165, 1.54) is 0 Å². The fourth-order valence-corrected chi connectivity index (χ4v) is 3.92. The summed E-state index contributed by atoms with van der Waals surface area (Å²) >= 11 is 0. The van der Waals surface area contributed by atoms with E-state index in [1.54, 1.807) is 6.07 Å². The van der Waals surface area contributed by atoms with E-state index in [0.717, 1.165) is 37.5 Å². The standard InChI is InChI=1S/C22H33FN4O3/c1-3-24-22(27-9-5-6-18(16-27)21(28)30-4-2)25-15-17-7-8-20(19(23)14-17)26-10-12-29-13-11-26/h7-8,14,18H,3-6,9-13,15-16H2,1-2H3,(H,24,25). The van der Waals surface area contributed by atoms with Gasteiger partial charge in [0.05, 0.1) is 38.0 Å². The molecule has 0 spiro atoms. The minimum Gasteiger partial charge on any atom is -0.466 e. The SMILES string of the molecule is CCNC(=NCc1ccc(N2CCOCC2)c(F)c1)N1CCCC(C(=O)OCC)C1. The molecule has 30 heavy (non-hydrogen) atoms. The fourth-order valence-electron chi connectivity index (χ4n) is 3.92. The van der Waals surface area contributed by atoms with Crippen molar-refractivity contribution in [3.8, 4) is 0 Å². The molecule has 0 radical (unpaired) electrons. The maximum atomic E-state index is 14.7. The number of morpholine rings is 1. The second-order valence-corrected chi connectivity index (χ2v) is 7.59. The summed E-state index contributed by atoms with van der Waals surface area (Å²) < 4.78 is 25.2. The van der Waals surface area contributed by atoms with Gasteiger partial charge in [-0.15, -0.1) is 0 Å². The summed E-state index contributed by atoms with van der Waals surface area (Å²) in [6, 6.07) is 5.32. The Morgan fingerprint density at radius 2 is 2.10 bits per heavy atom. The lowest BCUT2D eigenvalue weighted by molar-refractivity contribution is -0.149. The van der Waals surface area contributed by atoms with Crippen LogP contribution in [0.1, 0.15) is 32.3 Å². The molecule has 0 aromatic heterocycles. The van der Waals surface area contributed by atoms with Crippen molar-refractivity contribution in [1.29, 1.82) is 0 Å². The summed E-state index contributed by atoms with van der Waals surface area (Å²) in [5, 5.41) is 3.30. The number of aliphatic imine (C=N–C) groups is 1. The van der Waals surface area contributed by atoms with Crippen molar-refractivity contribution in [2.24, 2.45) is 10.9 Å². The Kier molecular flexibility index (Phi) is 8.30. The highest BCUT2D eigenvalue weighted by Crippen LogP contribution is 2.22. The van der Waals surface area contributed by atoms with Crippen LogP contribution in [0.5, 0.6) is 0 Å². The topological polar surface area (TPSA) is 66.4 Å². The monoisotopic (exact) mass is 420 g/mol. The Hall–Kier alpha value is -2.35. The number of benzene rings is 1. The molecule has 0 aliphatic carbocycles. The van der Waals surface area contributed by atoms with Gasteiger partial charge >= 0.3 is 5.97 Å². The summed E-state index contributed by atoms with van der Waals surface area (Å²) in [4.78, 5) is 21.0. The molecule has 1 atom stereocenters. The van der Waals surface area contributed by atoms with Gasteiger partial charge in [-0.2, -0.15) is 0 Å². The molecular formula is C22H33FN4O3. The zero-order chi connectivity index (χ0) is 21.3. The molecule has 3 rings (SSSR count). The second kappa shape index (κ2) is 11.2. The first kappa shape index (κ1) is 22.3. The molecule has 0 saturated carbocycles. The zero-order valence-corrected chi connectivity index (χ0v) is 18.0. The number of guanidine groups is 1. The molecule has 2 heterocycles. The number of nitrogens with one attached hydrogen (secondary N) is 1. The van der Waals surface area contributed by atoms with Crippen molar-refractivity contribution < 1.29 is 18.7 Å². The Bertz CT molecular complexity index is 737. The van der Waals surface area contributed by atoms with Crippen molar-refractivity contribution in [1.82, 2.24) is 10.2 Å². The van der Waals surface area contributed by atoms with Gasteiger partial charge in [0.15, 0.2) is 5.96 Å². The molecule has 2 fully saturated rings. The number of carbonyl (C=O) groups is 1. The van der Waals surface area contributed by atoms with Gasteiger partial charge in [0.1, 0.15) is 5.82 Å². The molecule has 8 heteroatoms. The highest BCUT2D eigenvalue weighted by Gasteiger charge is 2.28. The first-order chi connectivity index (χ1) is 14.6. The number of ether oxygens (including phenoxy) is 2. The molecule has 0 amide bonds. The summed E-state index contributed by atoms with van der Waals surface area (Å²) in [7, 11) is 0. The van der Waals surface area contributed by atoms with Crippen LogP contribution in [0, 0.1) is 11.7 Å². The number of carbonyl (C=O) groups excluding carboxylic acids is 1. The Labute approximate surface area is 178 Å². The molecule has 7 nitrogen and oxygen atoms in total. The van der Waals surface area contributed by atoms with Crippen molar-refractivity contribution in [3.63, 3.8) is 0 Å². The van der Waals surface area contributed by atoms with E-state index < -0.39 is 0 Å². The van der Waals surface area contributed by atoms with Crippen molar-refractivity contribution >= 4 is 17.6 Å². The van der Waals surface area contributed by atoms with Crippen molar-refractivity contribution in [2.45, 2.75) is 33.2 Å². The Morgan fingerprint density at radius 1 is 1.30 bits per heavy atom. The van der Waals surface area contributed by atoms with Gasteiger partial charge < -0.3 is 24.6 Å². The smallest absolute Gasteiger partial charge is 0.310 e. The number of hydrogen-bond acceptors (Lipinski definition) is 5. The quantitative estimate of drug-likeness (QED) is 0.433. The van der Waals surface area contributed by atoms with E-state index in [9.17, 15) is 9.18 Å². The van der Waals surface area contributed by atoms with Gasteiger partial charge in [-0.1, -0.05) is 6.07 Å². The lowest BCUT2D eigenvalue weighted by Crippen LogP contribution is -2.48. The number of nitrogens with zero attached hydrogens (tertiary/aromatic N) is 3. The summed E-state index contributed by atoms with van der Waals surface area (Å²) in [5.74, 6) is 0.255. The molecule has 166 valence electrons. The van der Waals surface area contributed by atoms with Gasteiger partial charge in [0, 0.05) is 32.7 Å². The molecule has 1 unspecified atom stereocenters. The zero-order valence-electron chi connectivity index (χ0n) is 18.0. The number of likely N-dealkylation sites (tertiary alicyclic amines) is 1. The molecule has 2 aliphatic heterocycles. The lowest BCUT2D eigenvalue weighted by Gasteiger charge is -2.34. The minimum atomic E-state index is -0.227. The third kappa shape index (κ3) is 5.84. The van der Waals surface area contributed by atoms with Crippen LogP contribution in [0.3, 0.4) is 0 Å². The summed E-state index contributed by atoms with van der Waals surface area (Å²) in [6.45, 7) is 9.43. The van der Waals surface area contributed by atoms with Crippen LogP contribution in [0.4, 0.5) is 10.1 Å². The number of anilines is 1. The average molecular weight is 421 g/mol. The first-order valence-corrected chi connectivity index (χ1v) is 10.9. The predicted molar refractivity (Wildman–Crippen MR) is 115 cm³/mol. The van der Waals surface area contributed by atoms with E-state index in [2.05, 4.69) is 10.2 Å². The molecule has 1 aromatic carbocycles. The third-order valence-corrected chi connectivity index (χ3v) is 5.45. The van der Waals surface area contributed by atoms with E-state index in [-0.39, 0.29) is 17.7 Å². The molecule has 2 aliphatic rings. The number of hydrogen-bond donors (Lipinski definition) is 1. The number of halogens is 1. The maximum absolute atomic E-state index is 14.7. The number of rotatable bonds is 6. The Balaban J connectivity index is 1.66. The largest absolute Gasteiger partial charge is 0.466 e. The van der Waals surface area contributed by atoms with Crippen molar-refractivity contribution in [3.05, 3.63) is 29.6 Å². The molecular weight excluding hydrogens is 387 g/mol. The van der Waals surface area contributed by atoms with Crippen molar-refractivity contribution in [2.75, 3.05) is 57.4 Å². The minimum absolute atomic E-state index is 0.132. The highest BCUT2D eigenvalue weighted by molar-refractivity contribution is 5.81. The summed E-state index contributed by atoms with van der Waals surface area (Å²) in [6.07, 6.45) is 1.75. The van der Waals surface area contributed by atoms with E-state index in [0.29, 0.717) is 51.7 Å². The molecule has 0 bridgehead atoms. The lowest BCUT2D eigenvalue weighted by atomic mass is 9.98. The highest BCUT2D eigenvalue weighted by atomic mass is 19.1. The molecule has 1 aromatic rings. The first-order valence-electron chi connectivity index (χ1n) is 10.9. The van der Waals surface area contributed by atoms with Crippen LogP contribution in [0.25, 0.3) is 0 Å². The van der Waals surface area contributed by atoms with Gasteiger partial charge in [-0.3, -0.25) is 4.79 Å².